The maximum atomic E-state index is 13.0. The van der Waals surface area contributed by atoms with Gasteiger partial charge in [-0.3, -0.25) is 0 Å². The van der Waals surface area contributed by atoms with Crippen LogP contribution in [0.5, 0.6) is 0 Å². The number of benzene rings is 2. The molecule has 0 fully saturated rings. The summed E-state index contributed by atoms with van der Waals surface area (Å²) in [7, 11) is 0. The van der Waals surface area contributed by atoms with Gasteiger partial charge in [-0.05, 0) is 106 Å². The summed E-state index contributed by atoms with van der Waals surface area (Å²) in [6.45, 7) is 18.5. The number of nitrogens with zero attached hydrogens (tertiary/aromatic N) is 2. The van der Waals surface area contributed by atoms with Crippen molar-refractivity contribution in [2.45, 2.75) is 707 Å². The molecule has 3 heteroatoms. The summed E-state index contributed by atoms with van der Waals surface area (Å²) in [6, 6.07) is 14.1. The first-order valence-corrected chi connectivity index (χ1v) is 63.8. The molecule has 0 unspecified atom stereocenters. The standard InChI is InChI=1S/C80H132N2.2C25H51.Pd/c1-7-13-19-23-25-27-29-31-33-35-37-39-41-43-45-47-49-51-53-55-61-73-66-74(62-56-54-52-50-48-46-44-42-40-38-36-34-32-30-28-26-24-20-14-8-2)70-76(69-73)80-78(64-58-22-16-10-4)77(63-57-21-15-9-3)79(82(80)81)75-67-71(59-17-11-5)65-72(68-75)60-18-12-6;2*1-3-5-7-9-11-13-15-17-19-21-23-25-24-22-20-18-16-14-12-10-8-6-4-2;/h65-70H,7-54,57-60,63-64H2,1-6H3;2*1,3-25H2,2H3;. The fourth-order valence-electron chi connectivity index (χ4n) is 20.6. The van der Waals surface area contributed by atoms with Gasteiger partial charge in [-0.15, -0.1) is 0 Å². The van der Waals surface area contributed by atoms with Gasteiger partial charge in [0.2, 0.25) is 11.4 Å². The zero-order valence-corrected chi connectivity index (χ0v) is 93.4. The van der Waals surface area contributed by atoms with Crippen molar-refractivity contribution in [3.05, 3.63) is 86.5 Å². The monoisotopic (exact) mass is 1930 g/mol. The van der Waals surface area contributed by atoms with Gasteiger partial charge >= 0.3 is 169 Å². The van der Waals surface area contributed by atoms with Crippen molar-refractivity contribution in [1.82, 2.24) is 0 Å². The summed E-state index contributed by atoms with van der Waals surface area (Å²) >= 11 is 1.06. The fourth-order valence-corrected chi connectivity index (χ4v) is 22.6. The van der Waals surface area contributed by atoms with E-state index in [1.165, 1.54) is 619 Å². The zero-order chi connectivity index (χ0) is 95.3. The molecule has 3 rings (SSSR count). The molecule has 1 aliphatic rings. The molecule has 1 aliphatic heterocycles. The predicted molar refractivity (Wildman–Crippen MR) is 599 cm³/mol. The first-order valence-electron chi connectivity index (χ1n) is 61.6. The van der Waals surface area contributed by atoms with Crippen molar-refractivity contribution in [2.24, 2.45) is 0 Å². The predicted octanol–water partition coefficient (Wildman–Crippen LogP) is 46.9. The van der Waals surface area contributed by atoms with Gasteiger partial charge in [-0.1, -0.05) is 509 Å². The minimum absolute atomic E-state index is 0.934. The number of hydrogen-bond donors (Lipinski definition) is 0. The van der Waals surface area contributed by atoms with Crippen LogP contribution < -0.4 is 0 Å². The number of hydrogen-bond acceptors (Lipinski definition) is 0. The van der Waals surface area contributed by atoms with Crippen molar-refractivity contribution in [1.29, 1.82) is 0 Å². The molecule has 0 aliphatic carbocycles. The number of allylic oxidation sites excluding steroid dienone is 2. The fraction of sp³-hybridized carbons (Fsp3) is 0.846. The van der Waals surface area contributed by atoms with Gasteiger partial charge in [0.25, 0.3) is 0 Å². The first-order chi connectivity index (χ1) is 65.9. The topological polar surface area (TPSA) is 25.3 Å². The van der Waals surface area contributed by atoms with Crippen LogP contribution in [0.3, 0.4) is 0 Å². The molecule has 2 aromatic rings. The molecule has 133 heavy (non-hydrogen) atoms. The van der Waals surface area contributed by atoms with E-state index in [-0.39, 0.29) is 0 Å². The van der Waals surface area contributed by atoms with E-state index >= 15 is 0 Å². The van der Waals surface area contributed by atoms with Crippen molar-refractivity contribution in [3.8, 4) is 23.7 Å². The zero-order valence-electron chi connectivity index (χ0n) is 91.8. The van der Waals surface area contributed by atoms with Gasteiger partial charge < -0.3 is 5.53 Å². The van der Waals surface area contributed by atoms with E-state index in [1.54, 1.807) is 14.5 Å². The molecule has 2 nitrogen and oxygen atoms in total. The van der Waals surface area contributed by atoms with Gasteiger partial charge in [0.15, 0.2) is 0 Å². The Morgan fingerprint density at radius 2 is 0.368 bits per heavy atom. The molecule has 0 bridgehead atoms. The molecule has 0 N–H and O–H groups in total. The van der Waals surface area contributed by atoms with Gasteiger partial charge in [0.1, 0.15) is 0 Å². The molecule has 774 valence electrons. The van der Waals surface area contributed by atoms with Crippen LogP contribution in [0.4, 0.5) is 0 Å². The molecular weight excluding hydrogens is 1700 g/mol. The van der Waals surface area contributed by atoms with Gasteiger partial charge in [-0.2, -0.15) is 0 Å². The van der Waals surface area contributed by atoms with Crippen LogP contribution in [0.25, 0.3) is 16.9 Å². The second-order valence-electron chi connectivity index (χ2n) is 42.8. The average molecular weight is 1930 g/mol. The van der Waals surface area contributed by atoms with Crippen molar-refractivity contribution in [3.63, 3.8) is 0 Å². The Labute approximate surface area is 845 Å². The summed E-state index contributed by atoms with van der Waals surface area (Å²) in [4.78, 5) is 3.10. The Morgan fingerprint density at radius 1 is 0.188 bits per heavy atom. The normalized spacial score (nSPS) is 12.2. The van der Waals surface area contributed by atoms with E-state index < -0.39 is 0 Å². The molecule has 0 amide bonds. The minimum Gasteiger partial charge on any atom is -0.0654 e. The van der Waals surface area contributed by atoms with Gasteiger partial charge in [0, 0.05) is 46.2 Å². The molecule has 0 radical (unpaired) electrons. The second-order valence-corrected chi connectivity index (χ2v) is 45.1. The molecule has 1 heterocycles. The number of unbranched alkanes of at least 4 members (excludes halogenated alkanes) is 88. The van der Waals surface area contributed by atoms with Gasteiger partial charge in [0.05, 0.1) is 0 Å². The van der Waals surface area contributed by atoms with Crippen LogP contribution in [0, 0.1) is 23.7 Å². The van der Waals surface area contributed by atoms with Crippen LogP contribution >= 0.6 is 0 Å². The van der Waals surface area contributed by atoms with Crippen LogP contribution in [-0.2, 0) is 30.8 Å². The van der Waals surface area contributed by atoms with E-state index in [0.717, 1.165) is 97.4 Å². The van der Waals surface area contributed by atoms with Crippen LogP contribution in [0.1, 0.15) is 718 Å². The summed E-state index contributed by atoms with van der Waals surface area (Å²) in [5.74, 6) is 14.6. The van der Waals surface area contributed by atoms with Crippen LogP contribution in [0.2, 0.25) is 9.79 Å². The third-order valence-electron chi connectivity index (χ3n) is 29.5. The quantitative estimate of drug-likeness (QED) is 0.0273. The summed E-state index contributed by atoms with van der Waals surface area (Å²) < 4.78 is 1.65. The average Bonchev–Trinajstić information content (AvgIpc) is 1.60. The third-order valence-corrected chi connectivity index (χ3v) is 31.7. The third kappa shape index (κ3) is 80.5. The summed E-state index contributed by atoms with van der Waals surface area (Å²) in [6.07, 6.45) is 139. The van der Waals surface area contributed by atoms with Crippen LogP contribution in [0.15, 0.2) is 47.5 Å². The Balaban J connectivity index is 0.00000101. The second kappa shape index (κ2) is 104. The van der Waals surface area contributed by atoms with E-state index in [4.69, 9.17) is 0 Å². The van der Waals surface area contributed by atoms with Crippen molar-refractivity contribution in [2.75, 3.05) is 0 Å². The van der Waals surface area contributed by atoms with Crippen molar-refractivity contribution >= 4 is 11.4 Å². The SMILES string of the molecule is CCCCCCCCCCCCCCCCCCCCC#Cc1cc(C#CCCCCCCCCCCCCCCCCCCCC)cc(C2=C(CCCCCC)C(CCCCCC)=C(c3cc(CCCC)cc(CCCC)c3)[N+]2=[N-])c1.CCCCCCCCCCCCCCCCCCCCCCCC[CH2][Pd][CH2]CCCCCCCCCCCCCCCCCCCCCCCC. The van der Waals surface area contributed by atoms with Gasteiger partial charge in [-0.25, -0.2) is 4.70 Å². The first kappa shape index (κ1) is 126. The van der Waals surface area contributed by atoms with E-state index in [2.05, 4.69) is 115 Å². The van der Waals surface area contributed by atoms with Crippen LogP contribution in [-0.4, -0.2) is 4.70 Å². The molecule has 0 aromatic heterocycles. The molecule has 0 spiro atoms. The van der Waals surface area contributed by atoms with E-state index in [9.17, 15) is 5.53 Å². The Hall–Kier alpha value is -2.70. The molecular formula is C130H234N2Pd. The summed E-state index contributed by atoms with van der Waals surface area (Å²) in [5, 5.41) is 0. The molecule has 0 saturated carbocycles. The molecule has 2 aromatic carbocycles. The Bertz CT molecular complexity index is 2820. The number of aryl methyl sites for hydroxylation is 2. The Kier molecular flexibility index (Phi) is 98.5. The Morgan fingerprint density at radius 3 is 0.579 bits per heavy atom. The summed E-state index contributed by atoms with van der Waals surface area (Å²) in [5.41, 5.74) is 24.8. The van der Waals surface area contributed by atoms with E-state index in [0.29, 0.717) is 0 Å². The van der Waals surface area contributed by atoms with E-state index in [1.807, 2.05) is 0 Å². The number of rotatable bonds is 102. The minimum atomic E-state index is 0.934. The smallest absolute Gasteiger partial charge is 0.0654 e. The maximum absolute atomic E-state index is 13.0. The molecule has 0 atom stereocenters. The van der Waals surface area contributed by atoms with Crippen molar-refractivity contribution < 1.29 is 22.7 Å². The molecule has 0 saturated heterocycles.